The van der Waals surface area contributed by atoms with Gasteiger partial charge < -0.3 is 14.4 Å². The summed E-state index contributed by atoms with van der Waals surface area (Å²) in [6, 6.07) is 13.5. The van der Waals surface area contributed by atoms with Crippen LogP contribution in [0.5, 0.6) is 0 Å². The zero-order chi connectivity index (χ0) is 27.3. The van der Waals surface area contributed by atoms with Gasteiger partial charge in [0.05, 0.1) is 19.1 Å². The lowest BCUT2D eigenvalue weighted by molar-refractivity contribution is -0.166. The summed E-state index contributed by atoms with van der Waals surface area (Å²) in [4.78, 5) is 41.6. The molecule has 0 aliphatic carbocycles. The van der Waals surface area contributed by atoms with Crippen molar-refractivity contribution in [1.82, 2.24) is 4.90 Å². The van der Waals surface area contributed by atoms with Crippen LogP contribution in [-0.4, -0.2) is 41.0 Å². The van der Waals surface area contributed by atoms with Crippen LogP contribution in [0.15, 0.2) is 48.5 Å². The van der Waals surface area contributed by atoms with Gasteiger partial charge in [-0.2, -0.15) is 0 Å². The molecule has 37 heavy (non-hydrogen) atoms. The Hall–Kier alpha value is -2.57. The van der Waals surface area contributed by atoms with Gasteiger partial charge in [-0.3, -0.25) is 9.59 Å². The summed E-state index contributed by atoms with van der Waals surface area (Å²) in [5, 5.41) is 1.13. The van der Waals surface area contributed by atoms with E-state index < -0.39 is 35.5 Å². The molecule has 1 saturated heterocycles. The van der Waals surface area contributed by atoms with Gasteiger partial charge in [0, 0.05) is 21.9 Å². The number of benzene rings is 2. The predicted octanol–water partition coefficient (Wildman–Crippen LogP) is 6.74. The van der Waals surface area contributed by atoms with Crippen molar-refractivity contribution in [1.29, 1.82) is 0 Å². The number of ether oxygens (including phenoxy) is 2. The highest BCUT2D eigenvalue weighted by molar-refractivity contribution is 6.30. The lowest BCUT2D eigenvalue weighted by Gasteiger charge is -2.47. The monoisotopic (exact) mass is 547 g/mol. The molecule has 3 rings (SSSR count). The molecule has 0 spiro atoms. The Morgan fingerprint density at radius 1 is 1.03 bits per heavy atom. The molecule has 1 fully saturated rings. The Balaban J connectivity index is 2.15. The standard InChI is InChI=1S/C29H35Cl2NO5/c1-6-24(28(35)36-7-2)32-26(18-11-13-21(30)14-12-18)23(19-9-8-10-22(31)15-19)16-20(27(32)34)17-25(33)37-29(3,4)5/h8-15,20,23-24,26H,6-7,16-17H2,1-5H3/t20-,23?,24+,26-/m1/s1. The zero-order valence-corrected chi connectivity index (χ0v) is 23.5. The first-order valence-electron chi connectivity index (χ1n) is 12.7. The van der Waals surface area contributed by atoms with Crippen LogP contribution >= 0.6 is 23.2 Å². The molecule has 1 amide bonds. The first-order valence-corrected chi connectivity index (χ1v) is 13.4. The van der Waals surface area contributed by atoms with Crippen LogP contribution in [0.4, 0.5) is 0 Å². The minimum absolute atomic E-state index is 0.0870. The largest absolute Gasteiger partial charge is 0.464 e. The molecule has 200 valence electrons. The molecule has 4 atom stereocenters. The maximum absolute atomic E-state index is 14.1. The van der Waals surface area contributed by atoms with Crippen molar-refractivity contribution >= 4 is 41.0 Å². The summed E-state index contributed by atoms with van der Waals surface area (Å²) >= 11 is 12.6. The first kappa shape index (κ1) is 29.0. The smallest absolute Gasteiger partial charge is 0.328 e. The number of esters is 2. The molecule has 6 nitrogen and oxygen atoms in total. The van der Waals surface area contributed by atoms with Crippen molar-refractivity contribution < 1.29 is 23.9 Å². The Morgan fingerprint density at radius 2 is 1.70 bits per heavy atom. The van der Waals surface area contributed by atoms with Crippen LogP contribution in [0, 0.1) is 5.92 Å². The highest BCUT2D eigenvalue weighted by Crippen LogP contribution is 2.48. The van der Waals surface area contributed by atoms with Crippen molar-refractivity contribution in [2.75, 3.05) is 6.61 Å². The third-order valence-electron chi connectivity index (χ3n) is 6.43. The van der Waals surface area contributed by atoms with E-state index in [1.165, 1.54) is 0 Å². The molecule has 8 heteroatoms. The molecule has 2 aromatic rings. The fraction of sp³-hybridized carbons (Fsp3) is 0.483. The second-order valence-electron chi connectivity index (χ2n) is 10.3. The molecule has 1 aliphatic rings. The van der Waals surface area contributed by atoms with Crippen LogP contribution < -0.4 is 0 Å². The van der Waals surface area contributed by atoms with Gasteiger partial charge in [0.15, 0.2) is 0 Å². The number of likely N-dealkylation sites (tertiary alicyclic amines) is 1. The SMILES string of the molecule is CCOC(=O)[C@H](CC)N1C(=O)[C@@H](CC(=O)OC(C)(C)C)CC(c2cccc(Cl)c2)[C@H]1c1ccc(Cl)cc1. The van der Waals surface area contributed by atoms with Crippen molar-refractivity contribution in [3.63, 3.8) is 0 Å². The highest BCUT2D eigenvalue weighted by atomic mass is 35.5. The second kappa shape index (κ2) is 12.3. The van der Waals surface area contributed by atoms with Crippen LogP contribution in [0.2, 0.25) is 10.0 Å². The number of amides is 1. The van der Waals surface area contributed by atoms with Crippen LogP contribution in [0.3, 0.4) is 0 Å². The summed E-state index contributed by atoms with van der Waals surface area (Å²) in [6.07, 6.45) is 0.661. The van der Waals surface area contributed by atoms with Gasteiger partial charge in [-0.05, 0) is 75.9 Å². The Kier molecular flexibility index (Phi) is 9.65. The summed E-state index contributed by atoms with van der Waals surface area (Å²) < 4.78 is 10.9. The molecule has 0 saturated carbocycles. The summed E-state index contributed by atoms with van der Waals surface area (Å²) in [5.41, 5.74) is 1.07. The van der Waals surface area contributed by atoms with E-state index in [2.05, 4.69) is 0 Å². The van der Waals surface area contributed by atoms with Gasteiger partial charge in [-0.25, -0.2) is 4.79 Å². The number of halogens is 2. The molecule has 1 aliphatic heterocycles. The molecule has 0 bridgehead atoms. The molecular formula is C29H35Cl2NO5. The van der Waals surface area contributed by atoms with Crippen molar-refractivity contribution in [2.24, 2.45) is 5.92 Å². The molecular weight excluding hydrogens is 513 g/mol. The highest BCUT2D eigenvalue weighted by Gasteiger charge is 2.48. The van der Waals surface area contributed by atoms with E-state index >= 15 is 0 Å². The molecule has 0 aromatic heterocycles. The normalized spacial score (nSPS) is 20.9. The number of nitrogens with zero attached hydrogens (tertiary/aromatic N) is 1. The molecule has 0 radical (unpaired) electrons. The molecule has 1 unspecified atom stereocenters. The molecule has 0 N–H and O–H groups in total. The van der Waals surface area contributed by atoms with E-state index in [9.17, 15) is 14.4 Å². The van der Waals surface area contributed by atoms with Gasteiger partial charge in [-0.1, -0.05) is 54.4 Å². The van der Waals surface area contributed by atoms with Gasteiger partial charge >= 0.3 is 11.9 Å². The number of piperidine rings is 1. The molecule has 1 heterocycles. The quantitative estimate of drug-likeness (QED) is 0.342. The number of hydrogen-bond acceptors (Lipinski definition) is 5. The lowest BCUT2D eigenvalue weighted by Crippen LogP contribution is -2.54. The van der Waals surface area contributed by atoms with Crippen molar-refractivity contribution in [3.8, 4) is 0 Å². The Bertz CT molecular complexity index is 1110. The molecule has 2 aromatic carbocycles. The Labute approximate surface area is 229 Å². The number of carbonyl (C=O) groups excluding carboxylic acids is 3. The van der Waals surface area contributed by atoms with Crippen LogP contribution in [-0.2, 0) is 23.9 Å². The Morgan fingerprint density at radius 3 is 2.27 bits per heavy atom. The number of carbonyl (C=O) groups is 3. The van der Waals surface area contributed by atoms with E-state index in [0.29, 0.717) is 22.9 Å². The third kappa shape index (κ3) is 7.26. The topological polar surface area (TPSA) is 72.9 Å². The van der Waals surface area contributed by atoms with Gasteiger partial charge in [0.2, 0.25) is 5.91 Å². The van der Waals surface area contributed by atoms with Gasteiger partial charge in [0.25, 0.3) is 0 Å². The fourth-order valence-corrected chi connectivity index (χ4v) is 5.33. The van der Waals surface area contributed by atoms with Crippen LogP contribution in [0.25, 0.3) is 0 Å². The maximum atomic E-state index is 14.1. The fourth-order valence-electron chi connectivity index (χ4n) is 5.00. The van der Waals surface area contributed by atoms with Gasteiger partial charge in [-0.15, -0.1) is 0 Å². The predicted molar refractivity (Wildman–Crippen MR) is 145 cm³/mol. The lowest BCUT2D eigenvalue weighted by atomic mass is 9.74. The average molecular weight is 549 g/mol. The number of rotatable bonds is 8. The first-order chi connectivity index (χ1) is 17.4. The van der Waals surface area contributed by atoms with E-state index in [0.717, 1.165) is 11.1 Å². The second-order valence-corrected chi connectivity index (χ2v) is 11.2. The van der Waals surface area contributed by atoms with Crippen LogP contribution in [0.1, 0.15) is 77.0 Å². The van der Waals surface area contributed by atoms with Gasteiger partial charge in [0.1, 0.15) is 11.6 Å². The summed E-state index contributed by atoms with van der Waals surface area (Å²) in [6.45, 7) is 9.15. The minimum atomic E-state index is -0.823. The maximum Gasteiger partial charge on any atom is 0.328 e. The van der Waals surface area contributed by atoms with E-state index in [1.54, 1.807) is 50.8 Å². The number of hydrogen-bond donors (Lipinski definition) is 0. The van der Waals surface area contributed by atoms with E-state index in [1.807, 2.05) is 37.3 Å². The van der Waals surface area contributed by atoms with E-state index in [4.69, 9.17) is 32.7 Å². The van der Waals surface area contributed by atoms with Crippen molar-refractivity contribution in [2.45, 2.75) is 77.5 Å². The third-order valence-corrected chi connectivity index (χ3v) is 6.91. The zero-order valence-electron chi connectivity index (χ0n) is 22.0. The van der Waals surface area contributed by atoms with E-state index in [-0.39, 0.29) is 24.9 Å². The van der Waals surface area contributed by atoms with Crippen molar-refractivity contribution in [3.05, 3.63) is 69.7 Å². The minimum Gasteiger partial charge on any atom is -0.464 e. The summed E-state index contributed by atoms with van der Waals surface area (Å²) in [5.74, 6) is -2.12. The average Bonchev–Trinajstić information content (AvgIpc) is 2.81. The summed E-state index contributed by atoms with van der Waals surface area (Å²) in [7, 11) is 0.